The predicted octanol–water partition coefficient (Wildman–Crippen LogP) is 1.52. The molecule has 0 aromatic carbocycles. The van der Waals surface area contributed by atoms with Gasteiger partial charge in [0.25, 0.3) is 5.88 Å². The van der Waals surface area contributed by atoms with Gasteiger partial charge in [-0.25, -0.2) is 4.98 Å². The number of pyridine rings is 1. The number of carbonyl (C=O) groups is 1. The van der Waals surface area contributed by atoms with Crippen LogP contribution in [0.25, 0.3) is 0 Å². The van der Waals surface area contributed by atoms with Gasteiger partial charge in [-0.2, -0.15) is 0 Å². The van der Waals surface area contributed by atoms with E-state index in [1.165, 1.54) is 0 Å². The van der Waals surface area contributed by atoms with Crippen molar-refractivity contribution in [2.24, 2.45) is 0 Å². The predicted molar refractivity (Wildman–Crippen MR) is 55.5 cm³/mol. The third kappa shape index (κ3) is 3.96. The fraction of sp³-hybridized carbons (Fsp3) is 0.333. The Labute approximate surface area is 108 Å². The van der Waals surface area contributed by atoms with Gasteiger partial charge in [-0.1, -0.05) is 0 Å². The van der Waals surface area contributed by atoms with E-state index in [1.807, 2.05) is 0 Å². The van der Waals surface area contributed by atoms with Crippen LogP contribution in [0.3, 0.4) is 0 Å². The van der Waals surface area contributed by atoms with E-state index >= 15 is 0 Å². The molecule has 110 valence electrons. The van der Waals surface area contributed by atoms with Crippen molar-refractivity contribution in [1.29, 1.82) is 0 Å². The zero-order chi connectivity index (χ0) is 15.5. The van der Waals surface area contributed by atoms with Crippen molar-refractivity contribution in [3.8, 4) is 11.6 Å². The number of aromatic nitrogens is 1. The summed E-state index contributed by atoms with van der Waals surface area (Å²) >= 11 is 0. The monoisotopic (exact) mass is 296 g/mol. The molecule has 0 saturated carbocycles. The maximum absolute atomic E-state index is 12.2. The standard InChI is InChI=1S/C9H7F3N2O6/c1-19-8-7(14(17)18)5(20-9(10,11)12)2-4(13-8)3-6(15)16/h2H,3H2,1H3,(H,15,16). The Kier molecular flexibility index (Phi) is 4.32. The van der Waals surface area contributed by atoms with E-state index in [2.05, 4.69) is 14.5 Å². The SMILES string of the molecule is COc1nc(CC(=O)O)cc(OC(F)(F)F)c1[N+](=O)[O-]. The Balaban J connectivity index is 3.41. The molecule has 0 bridgehead atoms. The molecule has 0 fully saturated rings. The van der Waals surface area contributed by atoms with Crippen LogP contribution in [0.2, 0.25) is 0 Å². The molecular formula is C9H7F3N2O6. The number of hydrogen-bond donors (Lipinski definition) is 1. The summed E-state index contributed by atoms with van der Waals surface area (Å²) in [6.45, 7) is 0. The first-order valence-electron chi connectivity index (χ1n) is 4.84. The van der Waals surface area contributed by atoms with Crippen LogP contribution in [0.1, 0.15) is 5.69 Å². The number of rotatable bonds is 5. The first kappa shape index (κ1) is 15.5. The summed E-state index contributed by atoms with van der Waals surface area (Å²) in [6.07, 6.45) is -5.93. The Bertz CT molecular complexity index is 545. The molecule has 20 heavy (non-hydrogen) atoms. The maximum atomic E-state index is 12.2. The van der Waals surface area contributed by atoms with Gasteiger partial charge < -0.3 is 14.6 Å². The van der Waals surface area contributed by atoms with Gasteiger partial charge in [-0.05, 0) is 0 Å². The first-order chi connectivity index (χ1) is 9.14. The maximum Gasteiger partial charge on any atom is 0.573 e. The summed E-state index contributed by atoms with van der Waals surface area (Å²) < 4.78 is 44.6. The molecule has 0 saturated heterocycles. The zero-order valence-corrected chi connectivity index (χ0v) is 9.80. The summed E-state index contributed by atoms with van der Waals surface area (Å²) in [4.78, 5) is 23.5. The van der Waals surface area contributed by atoms with Gasteiger partial charge in [0.15, 0.2) is 0 Å². The number of carboxylic acid groups (broad SMARTS) is 1. The molecule has 8 nitrogen and oxygen atoms in total. The van der Waals surface area contributed by atoms with Crippen LogP contribution >= 0.6 is 0 Å². The molecule has 11 heteroatoms. The first-order valence-corrected chi connectivity index (χ1v) is 4.84. The minimum Gasteiger partial charge on any atom is -0.481 e. The second kappa shape index (κ2) is 5.59. The number of nitrogens with zero attached hydrogens (tertiary/aromatic N) is 2. The number of hydrogen-bond acceptors (Lipinski definition) is 6. The number of nitro groups is 1. The van der Waals surface area contributed by atoms with Crippen molar-refractivity contribution in [2.45, 2.75) is 12.8 Å². The topological polar surface area (TPSA) is 112 Å². The lowest BCUT2D eigenvalue weighted by molar-refractivity contribution is -0.389. The summed E-state index contributed by atoms with van der Waals surface area (Å²) in [5.41, 5.74) is -1.52. The fourth-order valence-electron chi connectivity index (χ4n) is 1.30. The van der Waals surface area contributed by atoms with Gasteiger partial charge in [-0.15, -0.1) is 13.2 Å². The number of ether oxygens (including phenoxy) is 2. The van der Waals surface area contributed by atoms with Gasteiger partial charge in [0.05, 0.1) is 24.1 Å². The van der Waals surface area contributed by atoms with Gasteiger partial charge in [-0.3, -0.25) is 14.9 Å². The smallest absolute Gasteiger partial charge is 0.481 e. The summed E-state index contributed by atoms with van der Waals surface area (Å²) in [6, 6.07) is 0.530. The molecule has 1 N–H and O–H groups in total. The van der Waals surface area contributed by atoms with Crippen molar-refractivity contribution in [3.63, 3.8) is 0 Å². The van der Waals surface area contributed by atoms with Crippen LogP contribution in [0.4, 0.5) is 18.9 Å². The van der Waals surface area contributed by atoms with Crippen LogP contribution < -0.4 is 9.47 Å². The highest BCUT2D eigenvalue weighted by molar-refractivity contribution is 5.70. The van der Waals surface area contributed by atoms with E-state index in [0.29, 0.717) is 6.07 Å². The Hall–Kier alpha value is -2.59. The van der Waals surface area contributed by atoms with Crippen LogP contribution in [0.5, 0.6) is 11.6 Å². The molecule has 0 unspecified atom stereocenters. The van der Waals surface area contributed by atoms with Crippen molar-refractivity contribution in [3.05, 3.63) is 21.9 Å². The normalized spacial score (nSPS) is 11.0. The molecule has 1 aromatic rings. The molecule has 0 radical (unpaired) electrons. The Morgan fingerprint density at radius 1 is 1.55 bits per heavy atom. The summed E-state index contributed by atoms with van der Waals surface area (Å²) in [7, 11) is 0.942. The van der Waals surface area contributed by atoms with Crippen LogP contribution in [-0.4, -0.2) is 34.5 Å². The van der Waals surface area contributed by atoms with Crippen molar-refractivity contribution in [1.82, 2.24) is 4.98 Å². The van der Waals surface area contributed by atoms with Crippen LogP contribution in [0, 0.1) is 10.1 Å². The molecule has 0 aliphatic rings. The molecule has 0 spiro atoms. The van der Waals surface area contributed by atoms with E-state index in [-0.39, 0.29) is 5.69 Å². The van der Waals surface area contributed by atoms with E-state index in [0.717, 1.165) is 7.11 Å². The molecule has 0 aliphatic carbocycles. The molecule has 0 amide bonds. The average Bonchev–Trinajstić information content (AvgIpc) is 2.24. The summed E-state index contributed by atoms with van der Waals surface area (Å²) in [5.74, 6) is -3.34. The van der Waals surface area contributed by atoms with Crippen LogP contribution in [0.15, 0.2) is 6.07 Å². The molecular weight excluding hydrogens is 289 g/mol. The Morgan fingerprint density at radius 3 is 2.55 bits per heavy atom. The number of halogens is 3. The average molecular weight is 296 g/mol. The molecule has 1 rings (SSSR count). The van der Waals surface area contributed by atoms with Crippen molar-refractivity contribution in [2.75, 3.05) is 7.11 Å². The lowest BCUT2D eigenvalue weighted by Crippen LogP contribution is -2.19. The third-order valence-corrected chi connectivity index (χ3v) is 1.91. The zero-order valence-electron chi connectivity index (χ0n) is 9.80. The minimum atomic E-state index is -5.18. The number of carboxylic acids is 1. The lowest BCUT2D eigenvalue weighted by atomic mass is 10.2. The quantitative estimate of drug-likeness (QED) is 0.647. The number of aliphatic carboxylic acids is 1. The van der Waals surface area contributed by atoms with Gasteiger partial charge >= 0.3 is 18.0 Å². The van der Waals surface area contributed by atoms with Gasteiger partial charge in [0, 0.05) is 6.07 Å². The summed E-state index contributed by atoms with van der Waals surface area (Å²) in [5, 5.41) is 19.3. The van der Waals surface area contributed by atoms with Gasteiger partial charge in [0.1, 0.15) is 0 Å². The fourth-order valence-corrected chi connectivity index (χ4v) is 1.30. The highest BCUT2D eigenvalue weighted by Gasteiger charge is 2.37. The number of alkyl halides is 3. The Morgan fingerprint density at radius 2 is 2.15 bits per heavy atom. The highest BCUT2D eigenvalue weighted by Crippen LogP contribution is 2.38. The van der Waals surface area contributed by atoms with Gasteiger partial charge in [0.2, 0.25) is 5.75 Å². The lowest BCUT2D eigenvalue weighted by Gasteiger charge is -2.11. The van der Waals surface area contributed by atoms with E-state index in [1.54, 1.807) is 0 Å². The second-order valence-corrected chi connectivity index (χ2v) is 3.35. The molecule has 0 aliphatic heterocycles. The number of methoxy groups -OCH3 is 1. The third-order valence-electron chi connectivity index (χ3n) is 1.91. The highest BCUT2D eigenvalue weighted by atomic mass is 19.4. The van der Waals surface area contributed by atoms with E-state index in [9.17, 15) is 28.1 Å². The molecule has 1 aromatic heterocycles. The van der Waals surface area contributed by atoms with E-state index in [4.69, 9.17) is 5.11 Å². The van der Waals surface area contributed by atoms with Crippen molar-refractivity contribution < 1.29 is 37.5 Å². The molecule has 1 heterocycles. The minimum absolute atomic E-state index is 0.376. The second-order valence-electron chi connectivity index (χ2n) is 3.35. The van der Waals surface area contributed by atoms with E-state index < -0.39 is 41.0 Å². The van der Waals surface area contributed by atoms with Crippen molar-refractivity contribution >= 4 is 11.7 Å². The largest absolute Gasteiger partial charge is 0.573 e. The molecule has 0 atom stereocenters. The van der Waals surface area contributed by atoms with Crippen LogP contribution in [-0.2, 0) is 11.2 Å².